The Hall–Kier alpha value is -2.25. The van der Waals surface area contributed by atoms with Crippen molar-refractivity contribution >= 4 is 19.8 Å². The van der Waals surface area contributed by atoms with Crippen LogP contribution in [0.3, 0.4) is 0 Å². The Kier molecular flexibility index (Phi) is 38.7. The van der Waals surface area contributed by atoms with E-state index in [1.54, 1.807) is 0 Å². The third kappa shape index (κ3) is 42.5. The smallest absolute Gasteiger partial charge is 0.462 e. The summed E-state index contributed by atoms with van der Waals surface area (Å²) in [6.45, 7) is 3.56. The number of esters is 2. The number of allylic oxidation sites excluding steroid dienone is 10. The maximum Gasteiger partial charge on any atom is 0.469 e. The van der Waals surface area contributed by atoms with E-state index in [0.29, 0.717) is 6.42 Å². The molecule has 312 valence electrons. The molecule has 0 aromatic heterocycles. The van der Waals surface area contributed by atoms with Crippen molar-refractivity contribution in [2.45, 2.75) is 200 Å². The van der Waals surface area contributed by atoms with Crippen LogP contribution in [-0.2, 0) is 28.2 Å². The first-order valence-electron chi connectivity index (χ1n) is 21.6. The van der Waals surface area contributed by atoms with Crippen molar-refractivity contribution < 1.29 is 37.9 Å². The molecule has 1 atom stereocenters. The van der Waals surface area contributed by atoms with Crippen LogP contribution in [0.25, 0.3) is 0 Å². The van der Waals surface area contributed by atoms with Gasteiger partial charge < -0.3 is 19.3 Å². The minimum Gasteiger partial charge on any atom is -0.462 e. The van der Waals surface area contributed by atoms with Crippen LogP contribution < -0.4 is 0 Å². The van der Waals surface area contributed by atoms with Crippen LogP contribution >= 0.6 is 7.82 Å². The normalized spacial score (nSPS) is 13.0. The van der Waals surface area contributed by atoms with Gasteiger partial charge in [-0.05, 0) is 57.8 Å². The van der Waals surface area contributed by atoms with E-state index in [2.05, 4.69) is 79.1 Å². The molecule has 0 spiro atoms. The van der Waals surface area contributed by atoms with Crippen molar-refractivity contribution in [1.82, 2.24) is 0 Å². The molecule has 0 radical (unpaired) electrons. The molecule has 0 aromatic carbocycles. The number of phosphoric acid groups is 1. The molecule has 8 nitrogen and oxygen atoms in total. The highest BCUT2D eigenvalue weighted by Gasteiger charge is 2.22. The van der Waals surface area contributed by atoms with Gasteiger partial charge >= 0.3 is 19.8 Å². The topological polar surface area (TPSA) is 119 Å². The summed E-state index contributed by atoms with van der Waals surface area (Å²) in [5, 5.41) is 0. The first-order valence-corrected chi connectivity index (χ1v) is 23.1. The second-order valence-electron chi connectivity index (χ2n) is 14.3. The van der Waals surface area contributed by atoms with Gasteiger partial charge in [-0.3, -0.25) is 14.1 Å². The maximum absolute atomic E-state index is 12.4. The number of ether oxygens (including phenoxy) is 2. The van der Waals surface area contributed by atoms with Crippen molar-refractivity contribution in [3.63, 3.8) is 0 Å². The van der Waals surface area contributed by atoms with Crippen molar-refractivity contribution in [3.05, 3.63) is 60.8 Å². The predicted molar refractivity (Wildman–Crippen MR) is 225 cm³/mol. The highest BCUT2D eigenvalue weighted by molar-refractivity contribution is 7.46. The number of carbonyl (C=O) groups is 2. The number of phosphoric ester groups is 1. The molecule has 2 N–H and O–H groups in total. The van der Waals surface area contributed by atoms with Gasteiger partial charge in [0, 0.05) is 12.8 Å². The van der Waals surface area contributed by atoms with E-state index >= 15 is 0 Å². The summed E-state index contributed by atoms with van der Waals surface area (Å²) in [5.41, 5.74) is 0. The number of rotatable bonds is 39. The van der Waals surface area contributed by atoms with E-state index in [1.165, 1.54) is 89.9 Å². The Balaban J connectivity index is 3.97. The van der Waals surface area contributed by atoms with E-state index in [4.69, 9.17) is 19.3 Å². The fraction of sp³-hybridized carbons (Fsp3) is 0.733. The molecular formula is C45H79O8P. The standard InChI is InChI=1S/C45H79O8P/c1-3-5-7-9-11-13-15-17-19-21-22-24-26-28-30-32-34-36-38-40-45(47)53-43(42-52-54(48,49)50)41-51-44(46)39-37-35-33-31-29-27-25-23-20-18-16-14-12-10-8-6-4-2/h5,7,11,13,17,19,22,24,28,30,43H,3-4,6,8-10,12,14-16,18,20-21,23,25-27,29,31-42H2,1-2H3,(H2,48,49,50)/b7-5-,13-11-,19-17-,24-22-,30-28-. The second kappa shape index (κ2) is 40.4. The van der Waals surface area contributed by atoms with Crippen LogP contribution in [0.1, 0.15) is 194 Å². The lowest BCUT2D eigenvalue weighted by Gasteiger charge is -2.18. The zero-order valence-corrected chi connectivity index (χ0v) is 35.2. The molecule has 0 aliphatic heterocycles. The fourth-order valence-corrected chi connectivity index (χ4v) is 6.23. The lowest BCUT2D eigenvalue weighted by atomic mass is 10.0. The molecule has 0 aromatic rings. The molecule has 0 amide bonds. The molecular weight excluding hydrogens is 699 g/mol. The molecule has 0 bridgehead atoms. The third-order valence-corrected chi connectivity index (χ3v) is 9.54. The number of carbonyl (C=O) groups excluding carboxylic acids is 2. The zero-order valence-electron chi connectivity index (χ0n) is 34.4. The number of hydrogen-bond donors (Lipinski definition) is 2. The van der Waals surface area contributed by atoms with Gasteiger partial charge in [-0.1, -0.05) is 184 Å². The maximum atomic E-state index is 12.4. The Morgan fingerprint density at radius 1 is 0.500 bits per heavy atom. The van der Waals surface area contributed by atoms with Crippen molar-refractivity contribution in [3.8, 4) is 0 Å². The van der Waals surface area contributed by atoms with Crippen molar-refractivity contribution in [2.75, 3.05) is 13.2 Å². The van der Waals surface area contributed by atoms with Gasteiger partial charge in [0.15, 0.2) is 6.10 Å². The molecule has 0 aliphatic rings. The summed E-state index contributed by atoms with van der Waals surface area (Å²) in [5.74, 6) is -0.920. The summed E-state index contributed by atoms with van der Waals surface area (Å²) in [6, 6.07) is 0. The van der Waals surface area contributed by atoms with Crippen LogP contribution in [0.15, 0.2) is 60.8 Å². The quantitative estimate of drug-likeness (QED) is 0.0274. The largest absolute Gasteiger partial charge is 0.469 e. The van der Waals surface area contributed by atoms with E-state index in [0.717, 1.165) is 70.6 Å². The summed E-state index contributed by atoms with van der Waals surface area (Å²) in [4.78, 5) is 42.9. The molecule has 0 saturated heterocycles. The summed E-state index contributed by atoms with van der Waals surface area (Å²) >= 11 is 0. The molecule has 0 fully saturated rings. The highest BCUT2D eigenvalue weighted by atomic mass is 31.2. The molecule has 0 heterocycles. The molecule has 54 heavy (non-hydrogen) atoms. The molecule has 0 rings (SSSR count). The summed E-state index contributed by atoms with van der Waals surface area (Å²) < 4.78 is 26.4. The van der Waals surface area contributed by atoms with Crippen molar-refractivity contribution in [2.24, 2.45) is 0 Å². The Morgan fingerprint density at radius 3 is 1.33 bits per heavy atom. The van der Waals surface area contributed by atoms with Gasteiger partial charge in [-0.2, -0.15) is 0 Å². The van der Waals surface area contributed by atoms with Crippen LogP contribution in [0.4, 0.5) is 0 Å². The van der Waals surface area contributed by atoms with Gasteiger partial charge in [0.2, 0.25) is 0 Å². The van der Waals surface area contributed by atoms with Crippen LogP contribution in [0.5, 0.6) is 0 Å². The van der Waals surface area contributed by atoms with Gasteiger partial charge in [-0.25, -0.2) is 4.57 Å². The first kappa shape index (κ1) is 51.8. The van der Waals surface area contributed by atoms with E-state index in [-0.39, 0.29) is 19.4 Å². The zero-order chi connectivity index (χ0) is 39.6. The monoisotopic (exact) mass is 779 g/mol. The molecule has 1 unspecified atom stereocenters. The van der Waals surface area contributed by atoms with Crippen LogP contribution in [0, 0.1) is 0 Å². The Labute approximate surface area is 330 Å². The van der Waals surface area contributed by atoms with Gasteiger partial charge in [0.1, 0.15) is 6.61 Å². The van der Waals surface area contributed by atoms with Gasteiger partial charge in [-0.15, -0.1) is 0 Å². The summed E-state index contributed by atoms with van der Waals surface area (Å²) in [7, 11) is -4.77. The van der Waals surface area contributed by atoms with Crippen molar-refractivity contribution in [1.29, 1.82) is 0 Å². The average Bonchev–Trinajstić information content (AvgIpc) is 3.14. The summed E-state index contributed by atoms with van der Waals surface area (Å²) in [6.07, 6.45) is 50.8. The van der Waals surface area contributed by atoms with E-state index < -0.39 is 32.5 Å². The minimum atomic E-state index is -4.77. The number of unbranched alkanes of at least 4 members (excludes halogenated alkanes) is 19. The van der Waals surface area contributed by atoms with Gasteiger partial charge in [0.05, 0.1) is 6.61 Å². The molecule has 0 aliphatic carbocycles. The lowest BCUT2D eigenvalue weighted by molar-refractivity contribution is -0.161. The number of hydrogen-bond acceptors (Lipinski definition) is 6. The SMILES string of the molecule is CC/C=C\C/C=C\C/C=C\C/C=C\C/C=C\CCCCCC(=O)OC(COC(=O)CCCCCCCCCCCCCCCCCCC)COP(=O)(O)O. The van der Waals surface area contributed by atoms with Crippen LogP contribution in [0.2, 0.25) is 0 Å². The average molecular weight is 779 g/mol. The molecule has 0 saturated carbocycles. The predicted octanol–water partition coefficient (Wildman–Crippen LogP) is 13.3. The first-order chi connectivity index (χ1) is 26.3. The third-order valence-electron chi connectivity index (χ3n) is 9.05. The second-order valence-corrected chi connectivity index (χ2v) is 15.5. The fourth-order valence-electron chi connectivity index (χ4n) is 5.87. The Bertz CT molecular complexity index is 1060. The molecule has 9 heteroatoms. The Morgan fingerprint density at radius 2 is 0.889 bits per heavy atom. The highest BCUT2D eigenvalue weighted by Crippen LogP contribution is 2.36. The van der Waals surface area contributed by atoms with Gasteiger partial charge in [0.25, 0.3) is 0 Å². The van der Waals surface area contributed by atoms with E-state index in [1.807, 2.05) is 0 Å². The van der Waals surface area contributed by atoms with Crippen LogP contribution in [-0.4, -0.2) is 41.0 Å². The lowest BCUT2D eigenvalue weighted by Crippen LogP contribution is -2.29. The van der Waals surface area contributed by atoms with E-state index in [9.17, 15) is 14.2 Å². The minimum absolute atomic E-state index is 0.172.